The van der Waals surface area contributed by atoms with Gasteiger partial charge in [-0.2, -0.15) is 0 Å². The summed E-state index contributed by atoms with van der Waals surface area (Å²) in [5.74, 6) is -0.543. The third-order valence-electron chi connectivity index (χ3n) is 18.8. The molecule has 3 aliphatic heterocycles. The second-order valence-corrected chi connectivity index (χ2v) is 28.8. The maximum absolute atomic E-state index is 14.6. The third kappa shape index (κ3) is 20.6. The van der Waals surface area contributed by atoms with Gasteiger partial charge in [-0.3, -0.25) is 34.2 Å². The summed E-state index contributed by atoms with van der Waals surface area (Å²) in [4.78, 5) is 98.0. The lowest BCUT2D eigenvalue weighted by Gasteiger charge is -2.42. The van der Waals surface area contributed by atoms with Gasteiger partial charge in [-0.15, -0.1) is 0 Å². The highest BCUT2D eigenvalue weighted by molar-refractivity contribution is 6.32. The number of nitrogens with zero attached hydrogens (tertiary/aromatic N) is 5. The van der Waals surface area contributed by atoms with Crippen molar-refractivity contribution >= 4 is 70.2 Å². The van der Waals surface area contributed by atoms with Crippen molar-refractivity contribution in [2.45, 2.75) is 128 Å². The smallest absolute Gasteiger partial charge is 0.412 e. The highest BCUT2D eigenvalue weighted by Gasteiger charge is 2.48. The van der Waals surface area contributed by atoms with E-state index in [0.717, 1.165) is 53.6 Å². The Bertz CT molecular complexity index is 3910. The molecule has 2 fully saturated rings. The summed E-state index contributed by atoms with van der Waals surface area (Å²) in [6, 6.07) is 33.2. The van der Waals surface area contributed by atoms with E-state index in [0.29, 0.717) is 149 Å². The number of benzene rings is 5. The number of aromatic nitrogens is 2. The van der Waals surface area contributed by atoms with Gasteiger partial charge in [-0.25, -0.2) is 14.8 Å². The molecule has 1 saturated carbocycles. The van der Waals surface area contributed by atoms with Gasteiger partial charge in [-0.1, -0.05) is 99.8 Å². The van der Waals surface area contributed by atoms with Crippen molar-refractivity contribution in [2.75, 3.05) is 140 Å². The van der Waals surface area contributed by atoms with Gasteiger partial charge >= 0.3 is 12.1 Å². The molecule has 5 amide bonds. The van der Waals surface area contributed by atoms with Crippen LogP contribution in [0.4, 0.5) is 27.7 Å². The minimum atomic E-state index is -0.838. The van der Waals surface area contributed by atoms with E-state index in [4.69, 9.17) is 64.2 Å². The van der Waals surface area contributed by atoms with Crippen molar-refractivity contribution in [3.05, 3.63) is 160 Å². The predicted molar refractivity (Wildman–Crippen MR) is 397 cm³/mol. The zero-order valence-corrected chi connectivity index (χ0v) is 62.0. The Morgan fingerprint density at radius 1 is 0.712 bits per heavy atom. The molecule has 1 aromatic heterocycles. The number of ether oxygens (including phenoxy) is 9. The SMILES string of the molecule is COCCNC(=O)[C@@H]1C[C@@H]2CCCC[C@@H]2N1c1cc(C(C)NC(=O)c2ccc(-c3ccc(NC(=O)OC(C)(C)C)cc3)cc2)nc(CC(=O)NCCOCCOCCOCCOCCOCCN2CCOc3ccc([C@@H]4[C@@H](C(=O)OC)c5ccccc5C(=O)N4c4ccc(C(C)(C)C)c(Cl)c4)cc32)n1. The summed E-state index contributed by atoms with van der Waals surface area (Å²) >= 11 is 6.93. The largest absolute Gasteiger partial charge is 0.490 e. The summed E-state index contributed by atoms with van der Waals surface area (Å²) in [5, 5.41) is 12.3. The van der Waals surface area contributed by atoms with Gasteiger partial charge in [0.15, 0.2) is 0 Å². The summed E-state index contributed by atoms with van der Waals surface area (Å²) in [7, 11) is 2.96. The molecule has 104 heavy (non-hydrogen) atoms. The molecule has 0 bridgehead atoms. The molecular weight excluding hydrogens is 1350 g/mol. The molecule has 10 rings (SSSR count). The first-order valence-corrected chi connectivity index (χ1v) is 36.4. The lowest BCUT2D eigenvalue weighted by molar-refractivity contribution is -0.143. The van der Waals surface area contributed by atoms with Gasteiger partial charge in [0.05, 0.1) is 116 Å². The van der Waals surface area contributed by atoms with Crippen LogP contribution in [0.15, 0.2) is 115 Å². The number of amides is 5. The zero-order chi connectivity index (χ0) is 73.9. The molecule has 558 valence electrons. The third-order valence-corrected chi connectivity index (χ3v) is 19.2. The Hall–Kier alpha value is -8.75. The van der Waals surface area contributed by atoms with Crippen molar-refractivity contribution in [3.63, 3.8) is 0 Å². The summed E-state index contributed by atoms with van der Waals surface area (Å²) in [6.07, 6.45) is 3.97. The fraction of sp³-hybridized carbons (Fsp3) is 0.494. The minimum absolute atomic E-state index is 0.0635. The summed E-state index contributed by atoms with van der Waals surface area (Å²) in [5.41, 5.74) is 6.49. The molecule has 0 radical (unpaired) electrons. The predicted octanol–water partition coefficient (Wildman–Crippen LogP) is 11.1. The van der Waals surface area contributed by atoms with Crippen LogP contribution in [-0.2, 0) is 64.1 Å². The van der Waals surface area contributed by atoms with Crippen LogP contribution in [0, 0.1) is 5.92 Å². The lowest BCUT2D eigenvalue weighted by atomic mass is 9.79. The quantitative estimate of drug-likeness (QED) is 0.0220. The number of carbonyl (C=O) groups excluding carboxylic acids is 6. The fourth-order valence-electron chi connectivity index (χ4n) is 13.8. The number of hydrogen-bond acceptors (Lipinski definition) is 19. The molecule has 4 heterocycles. The molecule has 4 N–H and O–H groups in total. The number of hydrogen-bond donors (Lipinski definition) is 4. The van der Waals surface area contributed by atoms with Crippen LogP contribution >= 0.6 is 11.6 Å². The highest BCUT2D eigenvalue weighted by atomic mass is 35.5. The van der Waals surface area contributed by atoms with Gasteiger partial charge in [0.1, 0.15) is 41.6 Å². The molecule has 1 saturated heterocycles. The summed E-state index contributed by atoms with van der Waals surface area (Å²) < 4.78 is 51.2. The van der Waals surface area contributed by atoms with E-state index in [1.165, 1.54) is 7.11 Å². The molecule has 5 aromatic carbocycles. The van der Waals surface area contributed by atoms with E-state index >= 15 is 0 Å². The van der Waals surface area contributed by atoms with E-state index < -0.39 is 41.7 Å². The van der Waals surface area contributed by atoms with E-state index in [2.05, 4.69) is 51.8 Å². The normalized spacial score (nSPS) is 18.2. The molecule has 1 aliphatic carbocycles. The number of carbonyl (C=O) groups is 6. The molecule has 6 atom stereocenters. The first-order chi connectivity index (χ1) is 50.1. The standard InChI is InChI=1S/C79H100ClN9O15/c1-51(83-73(91)54-20-18-52(19-21-54)53-22-25-57(26-23-53)84-77(95)104-79(5,6)7)63-49-69(89-64-17-13-10-14-55(64)46-66(89)74(92)82-30-34-96-8)86-68(85-63)50-70(90)81-31-35-98-38-40-100-42-44-102-45-43-101-41-39-99-36-32-87-33-37-103-67-29-24-56(47-65(67)87)72-71(76(94)97-9)59-15-11-12-16-60(59)75(93)88(72)58-27-28-61(62(80)48-58)78(2,3)4/h11-12,15-16,18-29,47-49,51,55,64,66,71-72H,10,13-14,17,30-46,50H2,1-9H3,(H,81,90)(H,82,92)(H,83,91)(H,84,95)/t51?,55-,64-,66-,71-,72+/m0/s1. The number of rotatable bonds is 33. The number of anilines is 4. The van der Waals surface area contributed by atoms with Crippen LogP contribution < -0.4 is 40.7 Å². The van der Waals surface area contributed by atoms with Crippen LogP contribution in [0.1, 0.15) is 147 Å². The monoisotopic (exact) mass is 1450 g/mol. The fourth-order valence-corrected chi connectivity index (χ4v) is 14.3. The van der Waals surface area contributed by atoms with Gasteiger partial charge in [0.25, 0.3) is 11.8 Å². The maximum Gasteiger partial charge on any atom is 0.412 e. The summed E-state index contributed by atoms with van der Waals surface area (Å²) in [6.45, 7) is 19.6. The zero-order valence-electron chi connectivity index (χ0n) is 61.2. The Balaban J connectivity index is 0.639. The molecular formula is C79H100ClN9O15. The van der Waals surface area contributed by atoms with E-state index in [-0.39, 0.29) is 66.4 Å². The lowest BCUT2D eigenvalue weighted by Crippen LogP contribution is -2.48. The first kappa shape index (κ1) is 77.9. The van der Waals surface area contributed by atoms with E-state index in [1.807, 2.05) is 79.7 Å². The van der Waals surface area contributed by atoms with Crippen molar-refractivity contribution in [3.8, 4) is 16.9 Å². The topological polar surface area (TPSA) is 269 Å². The number of halogens is 1. The molecule has 25 heteroatoms. The number of methoxy groups -OCH3 is 2. The van der Waals surface area contributed by atoms with Crippen molar-refractivity contribution < 1.29 is 71.4 Å². The van der Waals surface area contributed by atoms with Gasteiger partial charge < -0.3 is 68.4 Å². The maximum atomic E-state index is 14.6. The van der Waals surface area contributed by atoms with Crippen molar-refractivity contribution in [2.24, 2.45) is 5.92 Å². The average Bonchev–Trinajstić information content (AvgIpc) is 0.908. The second kappa shape index (κ2) is 36.8. The van der Waals surface area contributed by atoms with Crippen LogP contribution in [-0.4, -0.2) is 183 Å². The van der Waals surface area contributed by atoms with Gasteiger partial charge in [0, 0.05) is 66.4 Å². The Kier molecular flexibility index (Phi) is 27.5. The number of fused-ring (bicyclic) bond motifs is 3. The minimum Gasteiger partial charge on any atom is -0.490 e. The van der Waals surface area contributed by atoms with Crippen LogP contribution in [0.3, 0.4) is 0 Å². The number of nitrogens with one attached hydrogen (secondary N) is 4. The van der Waals surface area contributed by atoms with Crippen LogP contribution in [0.2, 0.25) is 5.02 Å². The Morgan fingerprint density at radius 3 is 2.03 bits per heavy atom. The molecule has 6 aromatic rings. The van der Waals surface area contributed by atoms with Crippen LogP contribution in [0.5, 0.6) is 5.75 Å². The number of esters is 1. The Morgan fingerprint density at radius 2 is 1.37 bits per heavy atom. The molecule has 0 spiro atoms. The molecule has 4 aliphatic rings. The van der Waals surface area contributed by atoms with Crippen LogP contribution in [0.25, 0.3) is 11.1 Å². The van der Waals surface area contributed by atoms with Gasteiger partial charge in [0.2, 0.25) is 11.8 Å². The highest BCUT2D eigenvalue weighted by Crippen LogP contribution is 2.49. The Labute approximate surface area is 614 Å². The van der Waals surface area contributed by atoms with Gasteiger partial charge in [-0.05, 0) is 141 Å². The average molecular weight is 1450 g/mol. The van der Waals surface area contributed by atoms with Crippen molar-refractivity contribution in [1.29, 1.82) is 0 Å². The first-order valence-electron chi connectivity index (χ1n) is 36.0. The van der Waals surface area contributed by atoms with Crippen molar-refractivity contribution in [1.82, 2.24) is 25.9 Å². The van der Waals surface area contributed by atoms with E-state index in [1.54, 1.807) is 75.2 Å². The molecule has 24 nitrogen and oxygen atoms in total. The molecule has 1 unspecified atom stereocenters. The second-order valence-electron chi connectivity index (χ2n) is 28.4. The van der Waals surface area contributed by atoms with E-state index in [9.17, 15) is 28.8 Å².